The molecule has 24 heavy (non-hydrogen) atoms. The number of carboxylic acids is 1. The lowest BCUT2D eigenvalue weighted by molar-refractivity contribution is -0.162. The molecule has 0 bridgehead atoms. The van der Waals surface area contributed by atoms with Gasteiger partial charge in [-0.1, -0.05) is 12.1 Å². The summed E-state index contributed by atoms with van der Waals surface area (Å²) < 4.78 is 10.8. The van der Waals surface area contributed by atoms with Crippen LogP contribution in [-0.4, -0.2) is 65.5 Å². The van der Waals surface area contributed by atoms with E-state index in [2.05, 4.69) is 0 Å². The van der Waals surface area contributed by atoms with E-state index in [0.717, 1.165) is 0 Å². The van der Waals surface area contributed by atoms with Crippen molar-refractivity contribution < 1.29 is 29.3 Å². The summed E-state index contributed by atoms with van der Waals surface area (Å²) in [4.78, 5) is 25.3. The van der Waals surface area contributed by atoms with Crippen molar-refractivity contribution in [3.05, 3.63) is 29.8 Å². The lowest BCUT2D eigenvalue weighted by Gasteiger charge is -2.35. The molecule has 2 rings (SSSR count). The van der Waals surface area contributed by atoms with Crippen LogP contribution in [0.25, 0.3) is 0 Å². The molecule has 1 aromatic rings. The number of carboxylic acid groups (broad SMARTS) is 1. The molecule has 2 N–H and O–H groups in total. The number of hydrogen-bond acceptors (Lipinski definition) is 5. The minimum Gasteiger partial charge on any atom is -0.490 e. The van der Waals surface area contributed by atoms with Gasteiger partial charge in [0.15, 0.2) is 5.60 Å². The molecule has 1 fully saturated rings. The first-order valence-electron chi connectivity index (χ1n) is 8.02. The molecule has 7 nitrogen and oxygen atoms in total. The van der Waals surface area contributed by atoms with Gasteiger partial charge in [0, 0.05) is 32.5 Å². The van der Waals surface area contributed by atoms with Gasteiger partial charge in [0.25, 0.3) is 5.91 Å². The van der Waals surface area contributed by atoms with Crippen LogP contribution >= 0.6 is 0 Å². The van der Waals surface area contributed by atoms with Crippen molar-refractivity contribution in [2.24, 2.45) is 0 Å². The van der Waals surface area contributed by atoms with E-state index < -0.39 is 11.6 Å². The first-order chi connectivity index (χ1) is 11.5. The Hall–Kier alpha value is -2.12. The maximum atomic E-state index is 12.7. The van der Waals surface area contributed by atoms with Gasteiger partial charge < -0.3 is 24.6 Å². The van der Waals surface area contributed by atoms with Crippen LogP contribution in [0, 0.1) is 0 Å². The molecule has 0 aromatic heterocycles. The summed E-state index contributed by atoms with van der Waals surface area (Å²) >= 11 is 0. The molecule has 1 aliphatic rings. The number of benzene rings is 1. The third-order valence-electron chi connectivity index (χ3n) is 4.08. The molecular weight excluding hydrogens is 314 g/mol. The molecule has 1 aliphatic heterocycles. The maximum absolute atomic E-state index is 12.7. The fourth-order valence-electron chi connectivity index (χ4n) is 2.59. The number of carbonyl (C=O) groups excluding carboxylic acids is 1. The van der Waals surface area contributed by atoms with Crippen LogP contribution in [0.2, 0.25) is 0 Å². The van der Waals surface area contributed by atoms with E-state index in [9.17, 15) is 14.7 Å². The standard InChI is InChI=1S/C17H23NO6/c1-2-23-11-12-24-14-6-4-3-5-13(14)15(19)18-9-7-17(22,8-10-18)16(20)21/h3-6,22H,2,7-12H2,1H3,(H,20,21). The molecule has 1 saturated heterocycles. The highest BCUT2D eigenvalue weighted by molar-refractivity contribution is 5.97. The summed E-state index contributed by atoms with van der Waals surface area (Å²) in [6, 6.07) is 6.93. The monoisotopic (exact) mass is 337 g/mol. The summed E-state index contributed by atoms with van der Waals surface area (Å²) in [6.45, 7) is 3.66. The Morgan fingerprint density at radius 3 is 2.50 bits per heavy atom. The van der Waals surface area contributed by atoms with Crippen LogP contribution in [0.1, 0.15) is 30.1 Å². The van der Waals surface area contributed by atoms with E-state index in [-0.39, 0.29) is 31.8 Å². The smallest absolute Gasteiger partial charge is 0.335 e. The maximum Gasteiger partial charge on any atom is 0.335 e. The predicted molar refractivity (Wildman–Crippen MR) is 86.2 cm³/mol. The summed E-state index contributed by atoms with van der Waals surface area (Å²) in [6.07, 6.45) is 0.0306. The van der Waals surface area contributed by atoms with Crippen molar-refractivity contribution in [2.75, 3.05) is 32.9 Å². The quantitative estimate of drug-likeness (QED) is 0.725. The minimum absolute atomic E-state index is 0.0153. The van der Waals surface area contributed by atoms with Crippen molar-refractivity contribution in [1.82, 2.24) is 4.90 Å². The number of para-hydroxylation sites is 1. The topological polar surface area (TPSA) is 96.3 Å². The summed E-state index contributed by atoms with van der Waals surface area (Å²) in [5.41, 5.74) is -1.32. The van der Waals surface area contributed by atoms with Crippen molar-refractivity contribution in [3.63, 3.8) is 0 Å². The molecule has 1 amide bonds. The molecule has 132 valence electrons. The van der Waals surface area contributed by atoms with Crippen molar-refractivity contribution in [1.29, 1.82) is 0 Å². The van der Waals surface area contributed by atoms with Crippen LogP contribution in [0.4, 0.5) is 0 Å². The summed E-state index contributed by atoms with van der Waals surface area (Å²) in [7, 11) is 0. The average Bonchev–Trinajstić information content (AvgIpc) is 2.59. The van der Waals surface area contributed by atoms with Crippen LogP contribution in [0.5, 0.6) is 5.75 Å². The van der Waals surface area contributed by atoms with Gasteiger partial charge in [-0.2, -0.15) is 0 Å². The number of likely N-dealkylation sites (tertiary alicyclic amines) is 1. The van der Waals surface area contributed by atoms with Gasteiger partial charge in [-0.05, 0) is 19.1 Å². The fourth-order valence-corrected chi connectivity index (χ4v) is 2.59. The van der Waals surface area contributed by atoms with E-state index in [0.29, 0.717) is 31.1 Å². The fraction of sp³-hybridized carbons (Fsp3) is 0.529. The van der Waals surface area contributed by atoms with Crippen LogP contribution in [0.15, 0.2) is 24.3 Å². The van der Waals surface area contributed by atoms with Gasteiger partial charge in [-0.25, -0.2) is 4.79 Å². The van der Waals surface area contributed by atoms with Gasteiger partial charge in [0.2, 0.25) is 0 Å². The van der Waals surface area contributed by atoms with Crippen molar-refractivity contribution in [3.8, 4) is 5.75 Å². The molecular formula is C17H23NO6. The predicted octanol–water partition coefficient (Wildman–Crippen LogP) is 1.15. The van der Waals surface area contributed by atoms with E-state index in [1.807, 2.05) is 6.92 Å². The zero-order valence-electron chi connectivity index (χ0n) is 13.7. The second-order valence-corrected chi connectivity index (χ2v) is 5.67. The van der Waals surface area contributed by atoms with E-state index in [1.165, 1.54) is 0 Å². The molecule has 0 atom stereocenters. The van der Waals surface area contributed by atoms with Crippen LogP contribution in [0.3, 0.4) is 0 Å². The van der Waals surface area contributed by atoms with E-state index in [4.69, 9.17) is 14.6 Å². The normalized spacial score (nSPS) is 16.7. The van der Waals surface area contributed by atoms with Gasteiger partial charge in [-0.15, -0.1) is 0 Å². The van der Waals surface area contributed by atoms with Crippen LogP contribution in [-0.2, 0) is 9.53 Å². The SMILES string of the molecule is CCOCCOc1ccccc1C(=O)N1CCC(O)(C(=O)O)CC1. The van der Waals surface area contributed by atoms with Crippen LogP contribution < -0.4 is 4.74 Å². The zero-order valence-corrected chi connectivity index (χ0v) is 13.7. The number of hydrogen-bond donors (Lipinski definition) is 2. The second-order valence-electron chi connectivity index (χ2n) is 5.67. The number of piperidine rings is 1. The molecule has 0 radical (unpaired) electrons. The lowest BCUT2D eigenvalue weighted by atomic mass is 9.91. The number of aliphatic hydroxyl groups is 1. The highest BCUT2D eigenvalue weighted by Gasteiger charge is 2.40. The third-order valence-corrected chi connectivity index (χ3v) is 4.08. The van der Waals surface area contributed by atoms with Crippen molar-refractivity contribution >= 4 is 11.9 Å². The molecule has 0 unspecified atom stereocenters. The van der Waals surface area contributed by atoms with Gasteiger partial charge in [0.1, 0.15) is 12.4 Å². The molecule has 0 spiro atoms. The lowest BCUT2D eigenvalue weighted by Crippen LogP contribution is -2.50. The number of amides is 1. The number of rotatable bonds is 7. The summed E-state index contributed by atoms with van der Waals surface area (Å²) in [5, 5.41) is 19.0. The highest BCUT2D eigenvalue weighted by Crippen LogP contribution is 2.26. The Morgan fingerprint density at radius 1 is 1.21 bits per heavy atom. The van der Waals surface area contributed by atoms with E-state index in [1.54, 1.807) is 29.2 Å². The number of carbonyl (C=O) groups is 2. The molecule has 0 saturated carbocycles. The molecule has 1 aromatic carbocycles. The Bertz CT molecular complexity index is 580. The largest absolute Gasteiger partial charge is 0.490 e. The van der Waals surface area contributed by atoms with Gasteiger partial charge >= 0.3 is 5.97 Å². The van der Waals surface area contributed by atoms with Gasteiger partial charge in [0.05, 0.1) is 12.2 Å². The van der Waals surface area contributed by atoms with Gasteiger partial charge in [-0.3, -0.25) is 4.79 Å². The summed E-state index contributed by atoms with van der Waals surface area (Å²) in [5.74, 6) is -0.995. The third kappa shape index (κ3) is 4.24. The van der Waals surface area contributed by atoms with E-state index >= 15 is 0 Å². The molecule has 0 aliphatic carbocycles. The molecule has 7 heteroatoms. The van der Waals surface area contributed by atoms with Crippen molar-refractivity contribution in [2.45, 2.75) is 25.4 Å². The first kappa shape index (κ1) is 18.2. The minimum atomic E-state index is -1.75. The second kappa shape index (κ2) is 8.12. The number of ether oxygens (including phenoxy) is 2. The Kier molecular flexibility index (Phi) is 6.16. The molecule has 1 heterocycles. The highest BCUT2D eigenvalue weighted by atomic mass is 16.5. The average molecular weight is 337 g/mol. The Balaban J connectivity index is 2.01. The zero-order chi connectivity index (χ0) is 17.6. The first-order valence-corrected chi connectivity index (χ1v) is 8.02. The number of aliphatic carboxylic acids is 1. The Labute approximate surface area is 140 Å². The Morgan fingerprint density at radius 2 is 1.88 bits per heavy atom. The number of nitrogens with zero attached hydrogens (tertiary/aromatic N) is 1.